The lowest BCUT2D eigenvalue weighted by Gasteiger charge is -2.12. The fourth-order valence-corrected chi connectivity index (χ4v) is 2.60. The first kappa shape index (κ1) is 13.6. The minimum Gasteiger partial charge on any atom is -0.482 e. The molecular weight excluding hydrogens is 282 g/mol. The van der Waals surface area contributed by atoms with Crippen molar-refractivity contribution in [1.29, 1.82) is 5.26 Å². The highest BCUT2D eigenvalue weighted by Gasteiger charge is 2.18. The Morgan fingerprint density at radius 1 is 1.42 bits per heavy atom. The zero-order chi connectivity index (χ0) is 13.8. The number of nitriles is 1. The first-order valence-electron chi connectivity index (χ1n) is 5.56. The number of benzene rings is 1. The van der Waals surface area contributed by atoms with Crippen LogP contribution in [0.3, 0.4) is 0 Å². The van der Waals surface area contributed by atoms with Crippen molar-refractivity contribution in [2.45, 2.75) is 13.0 Å². The van der Waals surface area contributed by atoms with Crippen LogP contribution in [0, 0.1) is 11.3 Å². The predicted octanol–water partition coefficient (Wildman–Crippen LogP) is 3.92. The molecule has 0 aliphatic carbocycles. The molecule has 0 radical (unpaired) electrons. The van der Waals surface area contributed by atoms with E-state index in [0.29, 0.717) is 20.5 Å². The third kappa shape index (κ3) is 3.34. The summed E-state index contributed by atoms with van der Waals surface area (Å²) in [6.07, 6.45) is -0.622. The lowest BCUT2D eigenvalue weighted by Crippen LogP contribution is -2.23. The van der Waals surface area contributed by atoms with E-state index in [1.54, 1.807) is 43.3 Å². The Bertz CT molecular complexity index is 645. The molecule has 1 atom stereocenters. The Hall–Kier alpha value is -1.83. The second-order valence-corrected chi connectivity index (χ2v) is 5.58. The van der Waals surface area contributed by atoms with Crippen LogP contribution in [0.4, 0.5) is 0 Å². The summed E-state index contributed by atoms with van der Waals surface area (Å²) in [7, 11) is 0. The van der Waals surface area contributed by atoms with Crippen LogP contribution < -0.4 is 4.74 Å². The summed E-state index contributed by atoms with van der Waals surface area (Å²) in [4.78, 5) is 12.6. The predicted molar refractivity (Wildman–Crippen MR) is 74.9 cm³/mol. The van der Waals surface area contributed by atoms with E-state index in [0.717, 1.165) is 0 Å². The third-order valence-corrected chi connectivity index (χ3v) is 3.71. The molecule has 3 nitrogen and oxygen atoms in total. The minimum atomic E-state index is -0.622. The summed E-state index contributed by atoms with van der Waals surface area (Å²) < 4.78 is 6.12. The Labute approximate surface area is 120 Å². The van der Waals surface area contributed by atoms with Crippen LogP contribution in [0.2, 0.25) is 4.34 Å². The molecule has 5 heteroatoms. The standard InChI is InChI=1S/C14H10ClNO2S/c1-9(14(17)12-5-6-13(15)19-12)18-11-4-2-3-10(7-11)8-16/h2-7,9H,1H3. The van der Waals surface area contributed by atoms with Gasteiger partial charge in [0.1, 0.15) is 5.75 Å². The smallest absolute Gasteiger partial charge is 0.212 e. The van der Waals surface area contributed by atoms with Gasteiger partial charge in [-0.05, 0) is 37.3 Å². The number of carbonyl (C=O) groups is 1. The van der Waals surface area contributed by atoms with Gasteiger partial charge in [-0.3, -0.25) is 4.79 Å². The molecular formula is C14H10ClNO2S. The molecule has 0 spiro atoms. The van der Waals surface area contributed by atoms with Crippen molar-refractivity contribution in [3.05, 3.63) is 51.2 Å². The lowest BCUT2D eigenvalue weighted by atomic mass is 10.2. The molecule has 2 aromatic rings. The molecule has 0 bridgehead atoms. The molecule has 19 heavy (non-hydrogen) atoms. The van der Waals surface area contributed by atoms with Gasteiger partial charge in [0.15, 0.2) is 6.10 Å². The van der Waals surface area contributed by atoms with Gasteiger partial charge in [0, 0.05) is 0 Å². The SMILES string of the molecule is CC(Oc1cccc(C#N)c1)C(=O)c1ccc(Cl)s1. The highest BCUT2D eigenvalue weighted by atomic mass is 35.5. The average Bonchev–Trinajstić information content (AvgIpc) is 2.84. The van der Waals surface area contributed by atoms with E-state index in [1.807, 2.05) is 6.07 Å². The van der Waals surface area contributed by atoms with Gasteiger partial charge >= 0.3 is 0 Å². The quantitative estimate of drug-likeness (QED) is 0.802. The van der Waals surface area contributed by atoms with Crippen molar-refractivity contribution in [1.82, 2.24) is 0 Å². The number of rotatable bonds is 4. The first-order chi connectivity index (χ1) is 9.10. The summed E-state index contributed by atoms with van der Waals surface area (Å²) in [5.74, 6) is 0.377. The van der Waals surface area contributed by atoms with E-state index in [2.05, 4.69) is 0 Å². The monoisotopic (exact) mass is 291 g/mol. The van der Waals surface area contributed by atoms with Crippen LogP contribution in [0.1, 0.15) is 22.2 Å². The molecule has 0 N–H and O–H groups in total. The Kier molecular flexibility index (Phi) is 4.20. The maximum absolute atomic E-state index is 12.1. The Balaban J connectivity index is 2.10. The molecule has 0 amide bonds. The lowest BCUT2D eigenvalue weighted by molar-refractivity contribution is 0.0822. The number of ketones is 1. The number of hydrogen-bond acceptors (Lipinski definition) is 4. The number of thiophene rings is 1. The van der Waals surface area contributed by atoms with Crippen LogP contribution in [0.5, 0.6) is 5.75 Å². The molecule has 1 aromatic heterocycles. The topological polar surface area (TPSA) is 50.1 Å². The number of hydrogen-bond donors (Lipinski definition) is 0. The number of Topliss-reactive ketones (excluding diaryl/α,β-unsaturated/α-hetero) is 1. The molecule has 96 valence electrons. The van der Waals surface area contributed by atoms with Gasteiger partial charge in [-0.1, -0.05) is 17.7 Å². The normalized spacial score (nSPS) is 11.6. The number of carbonyl (C=O) groups excluding carboxylic acids is 1. The molecule has 0 fully saturated rings. The van der Waals surface area contributed by atoms with Gasteiger partial charge in [0.2, 0.25) is 5.78 Å². The molecule has 1 unspecified atom stereocenters. The zero-order valence-electron chi connectivity index (χ0n) is 10.1. The molecule has 0 aliphatic heterocycles. The van der Waals surface area contributed by atoms with Crippen LogP contribution in [-0.4, -0.2) is 11.9 Å². The summed E-state index contributed by atoms with van der Waals surface area (Å²) in [6, 6.07) is 12.1. The fourth-order valence-electron chi connectivity index (χ4n) is 1.54. The Morgan fingerprint density at radius 2 is 2.21 bits per heavy atom. The largest absolute Gasteiger partial charge is 0.482 e. The van der Waals surface area contributed by atoms with Gasteiger partial charge in [0.25, 0.3) is 0 Å². The van der Waals surface area contributed by atoms with E-state index in [1.165, 1.54) is 11.3 Å². The summed E-state index contributed by atoms with van der Waals surface area (Å²) in [6.45, 7) is 1.68. The molecule has 1 aromatic carbocycles. The second kappa shape index (κ2) is 5.87. The molecule has 0 saturated heterocycles. The average molecular weight is 292 g/mol. The van der Waals surface area contributed by atoms with Gasteiger partial charge in [0.05, 0.1) is 20.8 Å². The first-order valence-corrected chi connectivity index (χ1v) is 6.76. The Morgan fingerprint density at radius 3 is 2.84 bits per heavy atom. The molecule has 0 saturated carbocycles. The minimum absolute atomic E-state index is 0.126. The summed E-state index contributed by atoms with van der Waals surface area (Å²) in [5.41, 5.74) is 0.497. The van der Waals surface area contributed by atoms with E-state index < -0.39 is 6.10 Å². The maximum atomic E-state index is 12.1. The number of ether oxygens (including phenoxy) is 1. The van der Waals surface area contributed by atoms with Gasteiger partial charge in [-0.15, -0.1) is 11.3 Å². The summed E-state index contributed by atoms with van der Waals surface area (Å²) in [5, 5.41) is 8.80. The third-order valence-electron chi connectivity index (χ3n) is 2.46. The van der Waals surface area contributed by atoms with E-state index in [4.69, 9.17) is 21.6 Å². The van der Waals surface area contributed by atoms with Crippen molar-refractivity contribution < 1.29 is 9.53 Å². The van der Waals surface area contributed by atoms with E-state index in [9.17, 15) is 4.79 Å². The van der Waals surface area contributed by atoms with Crippen molar-refractivity contribution in [3.8, 4) is 11.8 Å². The highest BCUT2D eigenvalue weighted by Crippen LogP contribution is 2.24. The van der Waals surface area contributed by atoms with E-state index >= 15 is 0 Å². The molecule has 2 rings (SSSR count). The van der Waals surface area contributed by atoms with Crippen molar-refractivity contribution in [2.24, 2.45) is 0 Å². The van der Waals surface area contributed by atoms with Gasteiger partial charge in [-0.2, -0.15) is 5.26 Å². The van der Waals surface area contributed by atoms with Crippen LogP contribution in [-0.2, 0) is 0 Å². The fraction of sp³-hybridized carbons (Fsp3) is 0.143. The van der Waals surface area contributed by atoms with Gasteiger partial charge < -0.3 is 4.74 Å². The second-order valence-electron chi connectivity index (χ2n) is 3.87. The van der Waals surface area contributed by atoms with Crippen molar-refractivity contribution in [3.63, 3.8) is 0 Å². The van der Waals surface area contributed by atoms with E-state index in [-0.39, 0.29) is 5.78 Å². The van der Waals surface area contributed by atoms with Crippen LogP contribution in [0.15, 0.2) is 36.4 Å². The molecule has 1 heterocycles. The number of nitrogens with zero attached hydrogens (tertiary/aromatic N) is 1. The maximum Gasteiger partial charge on any atom is 0.212 e. The van der Waals surface area contributed by atoms with Crippen LogP contribution in [0.25, 0.3) is 0 Å². The van der Waals surface area contributed by atoms with Crippen LogP contribution >= 0.6 is 22.9 Å². The zero-order valence-corrected chi connectivity index (χ0v) is 11.7. The number of halogens is 1. The van der Waals surface area contributed by atoms with Crippen molar-refractivity contribution >= 4 is 28.7 Å². The van der Waals surface area contributed by atoms with Gasteiger partial charge in [-0.25, -0.2) is 0 Å². The molecule has 0 aliphatic rings. The van der Waals surface area contributed by atoms with Crippen molar-refractivity contribution in [2.75, 3.05) is 0 Å². The highest BCUT2D eigenvalue weighted by molar-refractivity contribution is 7.18. The summed E-state index contributed by atoms with van der Waals surface area (Å²) >= 11 is 7.02.